The largest absolute Gasteiger partial charge is 0.383 e. The van der Waals surface area contributed by atoms with Crippen molar-refractivity contribution < 1.29 is 4.74 Å². The fourth-order valence-corrected chi connectivity index (χ4v) is 5.38. The lowest BCUT2D eigenvalue weighted by molar-refractivity contribution is -0.0758. The predicted octanol–water partition coefficient (Wildman–Crippen LogP) is 4.54. The number of aromatic amines is 1. The third kappa shape index (κ3) is 3.10. The van der Waals surface area contributed by atoms with Crippen LogP contribution in [-0.2, 0) is 10.2 Å². The molecule has 0 aliphatic carbocycles. The maximum Gasteiger partial charge on any atom is 0.135 e. The van der Waals surface area contributed by atoms with Crippen molar-refractivity contribution in [1.82, 2.24) is 19.9 Å². The van der Waals surface area contributed by atoms with Crippen LogP contribution < -0.4 is 5.73 Å². The number of aromatic nitrogens is 4. The van der Waals surface area contributed by atoms with Crippen molar-refractivity contribution in [2.75, 3.05) is 12.3 Å². The smallest absolute Gasteiger partial charge is 0.135 e. The number of benzene rings is 1. The second-order valence-electron chi connectivity index (χ2n) is 8.22. The first kappa shape index (κ1) is 18.3. The molecule has 7 heteroatoms. The van der Waals surface area contributed by atoms with Gasteiger partial charge in [-0.15, -0.1) is 11.3 Å². The number of nitrogen functional groups attached to an aromatic ring is 1. The van der Waals surface area contributed by atoms with Gasteiger partial charge >= 0.3 is 0 Å². The number of imidazole rings is 1. The average Bonchev–Trinajstić information content (AvgIpc) is 3.36. The van der Waals surface area contributed by atoms with Gasteiger partial charge < -0.3 is 15.5 Å². The number of nitrogens with two attached hydrogens (primary N) is 1. The van der Waals surface area contributed by atoms with Gasteiger partial charge in [0.15, 0.2) is 0 Å². The minimum atomic E-state index is -0.220. The molecule has 6 nitrogen and oxygen atoms in total. The number of nitrogens with zero attached hydrogens (tertiary/aromatic N) is 3. The molecule has 4 aromatic rings. The van der Waals surface area contributed by atoms with Crippen molar-refractivity contribution in [1.29, 1.82) is 0 Å². The van der Waals surface area contributed by atoms with Crippen LogP contribution in [0.4, 0.5) is 5.82 Å². The van der Waals surface area contributed by atoms with E-state index in [-0.39, 0.29) is 11.0 Å². The van der Waals surface area contributed by atoms with Crippen molar-refractivity contribution in [3.05, 3.63) is 60.3 Å². The Morgan fingerprint density at radius 1 is 1.14 bits per heavy atom. The van der Waals surface area contributed by atoms with Crippen LogP contribution in [0.2, 0.25) is 0 Å². The van der Waals surface area contributed by atoms with Crippen molar-refractivity contribution in [2.24, 2.45) is 0 Å². The summed E-state index contributed by atoms with van der Waals surface area (Å²) < 4.78 is 6.04. The summed E-state index contributed by atoms with van der Waals surface area (Å²) in [6.45, 7) is 5.01. The summed E-state index contributed by atoms with van der Waals surface area (Å²) in [5.74, 6) is 1.48. The summed E-state index contributed by atoms with van der Waals surface area (Å²) in [5, 5.41) is 0.883. The molecule has 4 heterocycles. The van der Waals surface area contributed by atoms with Crippen LogP contribution in [0, 0.1) is 0 Å². The summed E-state index contributed by atoms with van der Waals surface area (Å²) >= 11 is 1.59. The molecule has 29 heavy (non-hydrogen) atoms. The molecule has 0 bridgehead atoms. The van der Waals surface area contributed by atoms with Gasteiger partial charge in [-0.25, -0.2) is 15.0 Å². The maximum atomic E-state index is 6.04. The molecule has 1 fully saturated rings. The number of thiophene rings is 1. The number of fused-ring (bicyclic) bond motifs is 1. The first-order chi connectivity index (χ1) is 14.0. The van der Waals surface area contributed by atoms with Crippen LogP contribution in [0.25, 0.3) is 20.8 Å². The highest BCUT2D eigenvalue weighted by Crippen LogP contribution is 2.46. The highest BCUT2D eigenvalue weighted by molar-refractivity contribution is 7.21. The highest BCUT2D eigenvalue weighted by Gasteiger charge is 2.45. The Hall–Kier alpha value is -2.77. The van der Waals surface area contributed by atoms with Crippen LogP contribution in [0.15, 0.2) is 48.9 Å². The first-order valence-electron chi connectivity index (χ1n) is 9.72. The van der Waals surface area contributed by atoms with Crippen LogP contribution in [0.1, 0.15) is 38.1 Å². The molecule has 0 amide bonds. The molecule has 5 rings (SSSR count). The Kier molecular flexibility index (Phi) is 4.18. The van der Waals surface area contributed by atoms with E-state index >= 15 is 0 Å². The number of ether oxygens (including phenoxy) is 1. The van der Waals surface area contributed by atoms with Gasteiger partial charge in [0.25, 0.3) is 0 Å². The fraction of sp³-hybridized carbons (Fsp3) is 0.318. The van der Waals surface area contributed by atoms with Crippen molar-refractivity contribution in [3.8, 4) is 10.6 Å². The summed E-state index contributed by atoms with van der Waals surface area (Å²) in [7, 11) is 0. The van der Waals surface area contributed by atoms with Gasteiger partial charge in [-0.3, -0.25) is 0 Å². The second-order valence-corrected chi connectivity index (χ2v) is 9.25. The van der Waals surface area contributed by atoms with Gasteiger partial charge in [0.05, 0.1) is 33.2 Å². The average molecular weight is 406 g/mol. The van der Waals surface area contributed by atoms with E-state index in [2.05, 4.69) is 59.1 Å². The predicted molar refractivity (Wildman–Crippen MR) is 116 cm³/mol. The molecular formula is C22H23N5OS. The summed E-state index contributed by atoms with van der Waals surface area (Å²) in [6, 6.07) is 12.7. The number of hydrogen-bond donors (Lipinski definition) is 2. The molecule has 0 spiro atoms. The molecule has 1 aromatic carbocycles. The SMILES string of the molecule is CC1(C)CC(c2ccccc2)(c2ncc(-c3cc4c(N)ncnc4s3)[nH]2)CCO1. The molecule has 1 saturated heterocycles. The molecule has 148 valence electrons. The Labute approximate surface area is 173 Å². The minimum Gasteiger partial charge on any atom is -0.383 e. The highest BCUT2D eigenvalue weighted by atomic mass is 32.1. The van der Waals surface area contributed by atoms with Crippen LogP contribution in [0.5, 0.6) is 0 Å². The lowest BCUT2D eigenvalue weighted by atomic mass is 9.69. The van der Waals surface area contributed by atoms with Crippen LogP contribution >= 0.6 is 11.3 Å². The normalized spacial score (nSPS) is 21.4. The molecule has 0 saturated carbocycles. The number of rotatable bonds is 3. The van der Waals surface area contributed by atoms with Crippen LogP contribution in [-0.4, -0.2) is 32.1 Å². The number of anilines is 1. The van der Waals surface area contributed by atoms with Crippen LogP contribution in [0.3, 0.4) is 0 Å². The van der Waals surface area contributed by atoms with Gasteiger partial charge in [0.1, 0.15) is 22.8 Å². The quantitative estimate of drug-likeness (QED) is 0.522. The Morgan fingerprint density at radius 2 is 1.97 bits per heavy atom. The van der Waals surface area contributed by atoms with Gasteiger partial charge in [-0.05, 0) is 38.3 Å². The van der Waals surface area contributed by atoms with E-state index in [0.29, 0.717) is 12.4 Å². The summed E-state index contributed by atoms with van der Waals surface area (Å²) in [5.41, 5.74) is 7.82. The third-order valence-electron chi connectivity index (χ3n) is 5.73. The molecule has 1 aliphatic heterocycles. The maximum absolute atomic E-state index is 6.04. The van der Waals surface area contributed by atoms with E-state index in [1.165, 1.54) is 11.9 Å². The minimum absolute atomic E-state index is 0.212. The molecule has 3 N–H and O–H groups in total. The van der Waals surface area contributed by atoms with Gasteiger partial charge in [-0.2, -0.15) is 0 Å². The Morgan fingerprint density at radius 3 is 2.72 bits per heavy atom. The lowest BCUT2D eigenvalue weighted by Crippen LogP contribution is -2.45. The van der Waals surface area contributed by atoms with Crippen molar-refractivity contribution in [3.63, 3.8) is 0 Å². The molecular weight excluding hydrogens is 382 g/mol. The van der Waals surface area contributed by atoms with E-state index < -0.39 is 0 Å². The second kappa shape index (κ2) is 6.64. The van der Waals surface area contributed by atoms with Gasteiger partial charge in [0.2, 0.25) is 0 Å². The third-order valence-corrected chi connectivity index (χ3v) is 6.81. The molecule has 1 unspecified atom stereocenters. The fourth-order valence-electron chi connectivity index (χ4n) is 4.41. The Bertz CT molecular complexity index is 1170. The molecule has 3 aromatic heterocycles. The standard InChI is InChI=1S/C22H23N5OS/c1-21(2)12-22(8-9-28-21,14-6-4-3-5-7-14)20-24-11-16(27-20)17-10-15-18(23)25-13-26-19(15)29-17/h3-7,10-11,13H,8-9,12H2,1-2H3,(H,24,27)(H2,23,25,26). The van der Waals surface area contributed by atoms with E-state index in [0.717, 1.165) is 39.5 Å². The summed E-state index contributed by atoms with van der Waals surface area (Å²) in [4.78, 5) is 18.8. The molecule has 1 aliphatic rings. The van der Waals surface area contributed by atoms with Crippen molar-refractivity contribution in [2.45, 2.75) is 37.7 Å². The number of nitrogens with one attached hydrogen (secondary N) is 1. The zero-order chi connectivity index (χ0) is 20.1. The Balaban J connectivity index is 1.61. The van der Waals surface area contributed by atoms with Gasteiger partial charge in [0, 0.05) is 6.61 Å². The topological polar surface area (TPSA) is 89.7 Å². The lowest BCUT2D eigenvalue weighted by Gasteiger charge is -2.44. The van der Waals surface area contributed by atoms with E-state index in [1.54, 1.807) is 11.3 Å². The van der Waals surface area contributed by atoms with E-state index in [1.807, 2.05) is 12.3 Å². The zero-order valence-corrected chi connectivity index (χ0v) is 17.3. The zero-order valence-electron chi connectivity index (χ0n) is 16.5. The number of H-pyrrole nitrogens is 1. The molecule has 0 radical (unpaired) electrons. The monoisotopic (exact) mass is 405 g/mol. The van der Waals surface area contributed by atoms with E-state index in [4.69, 9.17) is 15.5 Å². The van der Waals surface area contributed by atoms with E-state index in [9.17, 15) is 0 Å². The van der Waals surface area contributed by atoms with Gasteiger partial charge in [-0.1, -0.05) is 30.3 Å². The first-order valence-corrected chi connectivity index (χ1v) is 10.5. The molecule has 1 atom stereocenters. The summed E-state index contributed by atoms with van der Waals surface area (Å²) in [6.07, 6.45) is 5.17. The van der Waals surface area contributed by atoms with Crippen molar-refractivity contribution >= 4 is 27.4 Å². The number of hydrogen-bond acceptors (Lipinski definition) is 6.